The molecule has 1 aromatic carbocycles. The molecule has 8 nitrogen and oxygen atoms in total. The normalized spacial score (nSPS) is 11.0. The summed E-state index contributed by atoms with van der Waals surface area (Å²) in [4.78, 5) is 15.5. The topological polar surface area (TPSA) is 86.5 Å². The van der Waals surface area contributed by atoms with E-state index < -0.39 is 5.82 Å². The predicted octanol–water partition coefficient (Wildman–Crippen LogP) is 8.54. The fourth-order valence-corrected chi connectivity index (χ4v) is 6.41. The molecule has 0 aliphatic rings. The van der Waals surface area contributed by atoms with Crippen LogP contribution in [0.5, 0.6) is 0 Å². The predicted molar refractivity (Wildman–Crippen MR) is 174 cm³/mol. The van der Waals surface area contributed by atoms with Gasteiger partial charge in [-0.3, -0.25) is 8.80 Å². The van der Waals surface area contributed by atoms with Crippen molar-refractivity contribution in [3.63, 3.8) is 0 Å². The van der Waals surface area contributed by atoms with E-state index in [0.717, 1.165) is 17.9 Å². The van der Waals surface area contributed by atoms with Crippen LogP contribution in [0, 0.1) is 28.8 Å². The summed E-state index contributed by atoms with van der Waals surface area (Å²) in [6, 6.07) is 10.8. The van der Waals surface area contributed by atoms with Gasteiger partial charge in [-0.2, -0.15) is 5.26 Å². The minimum absolute atomic E-state index is 0.225. The fourth-order valence-electron chi connectivity index (χ4n) is 4.75. The third-order valence-electron chi connectivity index (χ3n) is 6.75. The smallest absolute Gasteiger partial charge is 0.192 e. The molecule has 0 saturated carbocycles. The summed E-state index contributed by atoms with van der Waals surface area (Å²) < 4.78 is 45.9. The van der Waals surface area contributed by atoms with Crippen molar-refractivity contribution < 1.29 is 13.2 Å². The number of imidazole rings is 2. The summed E-state index contributed by atoms with van der Waals surface area (Å²) in [5, 5.41) is 13.2. The highest BCUT2D eigenvalue weighted by molar-refractivity contribution is 9.10. The van der Waals surface area contributed by atoms with Crippen LogP contribution >= 0.6 is 43.2 Å². The van der Waals surface area contributed by atoms with Crippen LogP contribution in [0.1, 0.15) is 30.1 Å². The summed E-state index contributed by atoms with van der Waals surface area (Å²) in [6.45, 7) is 3.94. The summed E-state index contributed by atoms with van der Waals surface area (Å²) in [5.74, 6) is 0.406. The van der Waals surface area contributed by atoms with Crippen molar-refractivity contribution in [1.29, 1.82) is 5.26 Å². The first-order valence-corrected chi connectivity index (χ1v) is 15.8. The molecule has 0 fully saturated rings. The molecule has 6 rings (SSSR count). The number of aromatic nitrogens is 5. The lowest BCUT2D eigenvalue weighted by Gasteiger charge is -2.17. The maximum Gasteiger partial charge on any atom is 0.192 e. The summed E-state index contributed by atoms with van der Waals surface area (Å²) in [5.41, 5.74) is 3.30. The van der Waals surface area contributed by atoms with Crippen LogP contribution in [-0.4, -0.2) is 37.8 Å². The Morgan fingerprint density at radius 1 is 0.909 bits per heavy atom. The largest absolute Gasteiger partial charge is 0.373 e. The highest BCUT2D eigenvalue weighted by atomic mass is 79.9. The van der Waals surface area contributed by atoms with E-state index in [1.807, 2.05) is 13.8 Å². The van der Waals surface area contributed by atoms with Gasteiger partial charge in [-0.1, -0.05) is 25.2 Å². The Morgan fingerprint density at radius 3 is 2.05 bits per heavy atom. The number of benzene rings is 1. The van der Waals surface area contributed by atoms with Crippen LogP contribution in [-0.2, 0) is 12.8 Å². The molecular formula is C30H25Br2F3N8S. The molecule has 14 heteroatoms. The van der Waals surface area contributed by atoms with E-state index in [2.05, 4.69) is 58.2 Å². The molecule has 0 aliphatic heterocycles. The van der Waals surface area contributed by atoms with Crippen molar-refractivity contribution in [2.75, 3.05) is 24.3 Å². The number of nitrogens with zero attached hydrogens (tertiary/aromatic N) is 7. The maximum absolute atomic E-state index is 14.4. The van der Waals surface area contributed by atoms with E-state index in [1.165, 1.54) is 35.6 Å². The number of halogens is 5. The molecule has 0 atom stereocenters. The monoisotopic (exact) mass is 744 g/mol. The Bertz CT molecular complexity index is 2030. The third-order valence-corrected chi connectivity index (χ3v) is 8.65. The molecule has 0 aliphatic carbocycles. The standard InChI is InChI=1S/C20H14BrF2N5S.C10H11BrFN3/c1-3-15-19(28-10-12(21)8-14(23)18(28)25-15)27(2)20-26-17(16(9-24)29-20)11-4-6-13(22)7-5-11;1-3-8-10(13-2)15-5-6(11)4-7(12)9(15)14-8/h4-8,10H,3H2,1-2H3;4-5,13H,3H2,1-2H3. The molecule has 0 bridgehead atoms. The Labute approximate surface area is 272 Å². The van der Waals surface area contributed by atoms with E-state index in [1.54, 1.807) is 52.3 Å². The second-order valence-corrected chi connectivity index (χ2v) is 12.3. The van der Waals surface area contributed by atoms with Gasteiger partial charge in [0, 0.05) is 41.0 Å². The lowest BCUT2D eigenvalue weighted by molar-refractivity contribution is 0.628. The SMILES string of the molecule is CCc1nc2c(F)cc(Br)cn2c1N(C)c1nc(-c2ccc(F)cc2)c(C#N)s1.CCc1nc2c(F)cc(Br)cn2c1NC. The molecule has 5 heterocycles. The number of nitriles is 1. The number of hydrogen-bond acceptors (Lipinski definition) is 7. The number of pyridine rings is 2. The Morgan fingerprint density at radius 2 is 1.48 bits per heavy atom. The number of fused-ring (bicyclic) bond motifs is 2. The van der Waals surface area contributed by atoms with E-state index in [-0.39, 0.29) is 17.3 Å². The van der Waals surface area contributed by atoms with Crippen LogP contribution in [0.25, 0.3) is 22.6 Å². The van der Waals surface area contributed by atoms with Crippen molar-refractivity contribution in [1.82, 2.24) is 23.8 Å². The highest BCUT2D eigenvalue weighted by Gasteiger charge is 2.23. The molecule has 0 spiro atoms. The Balaban J connectivity index is 0.000000215. The van der Waals surface area contributed by atoms with Gasteiger partial charge in [0.2, 0.25) is 0 Å². The lowest BCUT2D eigenvalue weighted by Crippen LogP contribution is -2.13. The van der Waals surface area contributed by atoms with Crippen molar-refractivity contribution >= 4 is 71.3 Å². The zero-order valence-corrected chi connectivity index (χ0v) is 28.0. The molecule has 226 valence electrons. The fraction of sp³-hybridized carbons (Fsp3) is 0.200. The summed E-state index contributed by atoms with van der Waals surface area (Å²) in [6.07, 6.45) is 4.92. The molecule has 5 aromatic heterocycles. The molecule has 0 unspecified atom stereocenters. The van der Waals surface area contributed by atoms with Gasteiger partial charge in [-0.25, -0.2) is 28.1 Å². The molecule has 0 amide bonds. The lowest BCUT2D eigenvalue weighted by atomic mass is 10.1. The van der Waals surface area contributed by atoms with Gasteiger partial charge < -0.3 is 10.2 Å². The first-order chi connectivity index (χ1) is 21.1. The average molecular weight is 746 g/mol. The van der Waals surface area contributed by atoms with Crippen molar-refractivity contribution in [3.05, 3.63) is 91.5 Å². The molecule has 44 heavy (non-hydrogen) atoms. The molecular weight excluding hydrogens is 721 g/mol. The number of anilines is 3. The number of rotatable bonds is 6. The van der Waals surface area contributed by atoms with Gasteiger partial charge in [0.15, 0.2) is 28.1 Å². The third kappa shape index (κ3) is 5.91. The van der Waals surface area contributed by atoms with Crippen LogP contribution in [0.4, 0.5) is 29.9 Å². The maximum atomic E-state index is 14.4. The summed E-state index contributed by atoms with van der Waals surface area (Å²) >= 11 is 7.80. The first-order valence-electron chi connectivity index (χ1n) is 13.4. The van der Waals surface area contributed by atoms with Gasteiger partial charge in [-0.05, 0) is 81.1 Å². The first kappa shape index (κ1) is 31.5. The van der Waals surface area contributed by atoms with E-state index in [0.29, 0.717) is 53.8 Å². The van der Waals surface area contributed by atoms with Gasteiger partial charge in [-0.15, -0.1) is 0 Å². The zero-order chi connectivity index (χ0) is 31.7. The van der Waals surface area contributed by atoms with Gasteiger partial charge in [0.25, 0.3) is 0 Å². The van der Waals surface area contributed by atoms with Gasteiger partial charge in [0.05, 0.1) is 11.4 Å². The second-order valence-electron chi connectivity index (χ2n) is 9.50. The van der Waals surface area contributed by atoms with Crippen molar-refractivity contribution in [2.24, 2.45) is 0 Å². The summed E-state index contributed by atoms with van der Waals surface area (Å²) in [7, 11) is 3.61. The Kier molecular flexibility index (Phi) is 9.28. The quantitative estimate of drug-likeness (QED) is 0.184. The minimum Gasteiger partial charge on any atom is -0.373 e. The number of hydrogen-bond donors (Lipinski definition) is 1. The van der Waals surface area contributed by atoms with E-state index in [4.69, 9.17) is 0 Å². The average Bonchev–Trinajstić information content (AvgIpc) is 3.70. The van der Waals surface area contributed by atoms with Gasteiger partial charge in [0.1, 0.15) is 34.1 Å². The minimum atomic E-state index is -0.433. The number of thiazole rings is 1. The Hall–Kier alpha value is -3.93. The van der Waals surface area contributed by atoms with E-state index in [9.17, 15) is 18.4 Å². The van der Waals surface area contributed by atoms with Crippen LogP contribution in [0.2, 0.25) is 0 Å². The van der Waals surface area contributed by atoms with Crippen LogP contribution < -0.4 is 10.2 Å². The van der Waals surface area contributed by atoms with Gasteiger partial charge >= 0.3 is 0 Å². The molecule has 0 radical (unpaired) electrons. The zero-order valence-electron chi connectivity index (χ0n) is 24.0. The van der Waals surface area contributed by atoms with E-state index >= 15 is 0 Å². The molecule has 6 aromatic rings. The van der Waals surface area contributed by atoms with Crippen molar-refractivity contribution in [2.45, 2.75) is 26.7 Å². The van der Waals surface area contributed by atoms with Crippen LogP contribution in [0.3, 0.4) is 0 Å². The second kappa shape index (κ2) is 13.0. The molecule has 0 saturated heterocycles. The number of aryl methyl sites for hydroxylation is 2. The van der Waals surface area contributed by atoms with Crippen molar-refractivity contribution in [3.8, 4) is 17.3 Å². The molecule has 1 N–H and O–H groups in total. The highest BCUT2D eigenvalue weighted by Crippen LogP contribution is 2.37. The van der Waals surface area contributed by atoms with Crippen LogP contribution in [0.15, 0.2) is 57.7 Å². The number of nitrogens with one attached hydrogen (secondary N) is 1.